The monoisotopic (exact) mass is 323 g/mol. The number of amides is 1. The molecule has 0 aromatic heterocycles. The van der Waals surface area contributed by atoms with Crippen molar-refractivity contribution in [1.29, 1.82) is 0 Å². The van der Waals surface area contributed by atoms with Crippen molar-refractivity contribution in [3.05, 3.63) is 41.7 Å². The van der Waals surface area contributed by atoms with Crippen LogP contribution in [0.1, 0.15) is 40.2 Å². The van der Waals surface area contributed by atoms with Gasteiger partial charge in [0.05, 0.1) is 12.4 Å². The highest BCUT2D eigenvalue weighted by Gasteiger charge is 2.16. The smallest absolute Gasteiger partial charge is 0.407 e. The Morgan fingerprint density at radius 1 is 1.26 bits per heavy atom. The lowest BCUT2D eigenvalue weighted by Gasteiger charge is -2.20. The molecule has 0 aliphatic heterocycles. The van der Waals surface area contributed by atoms with Crippen LogP contribution in [0.3, 0.4) is 0 Å². The highest BCUT2D eigenvalue weighted by molar-refractivity contribution is 5.68. The molecule has 0 heterocycles. The van der Waals surface area contributed by atoms with E-state index in [9.17, 15) is 9.18 Å². The van der Waals surface area contributed by atoms with E-state index in [0.717, 1.165) is 11.3 Å². The maximum absolute atomic E-state index is 13.0. The van der Waals surface area contributed by atoms with E-state index >= 15 is 0 Å². The van der Waals surface area contributed by atoms with Crippen molar-refractivity contribution in [3.63, 3.8) is 0 Å². The topological polar surface area (TPSA) is 47.6 Å². The van der Waals surface area contributed by atoms with E-state index in [4.69, 9.17) is 9.47 Å². The number of carbonyl (C=O) groups is 1. The predicted molar refractivity (Wildman–Crippen MR) is 89.3 cm³/mol. The van der Waals surface area contributed by atoms with E-state index in [-0.39, 0.29) is 12.6 Å². The van der Waals surface area contributed by atoms with Crippen LogP contribution in [0, 0.1) is 0 Å². The number of nitrogens with one attached hydrogen (secondary N) is 1. The van der Waals surface area contributed by atoms with Crippen LogP contribution in [0.25, 0.3) is 0 Å². The Balaban J connectivity index is 2.52. The molecule has 4 nitrogen and oxygen atoms in total. The number of benzene rings is 1. The fourth-order valence-corrected chi connectivity index (χ4v) is 1.86. The summed E-state index contributed by atoms with van der Waals surface area (Å²) in [6.07, 6.45) is 0.488. The van der Waals surface area contributed by atoms with Crippen LogP contribution in [0.15, 0.2) is 36.2 Å². The van der Waals surface area contributed by atoms with Crippen molar-refractivity contribution in [2.45, 2.75) is 52.7 Å². The number of hydrogen-bond donors (Lipinski definition) is 1. The minimum absolute atomic E-state index is 0.107. The minimum atomic E-state index is -0.573. The molecule has 5 heteroatoms. The van der Waals surface area contributed by atoms with Gasteiger partial charge < -0.3 is 14.8 Å². The second kappa shape index (κ2) is 8.56. The van der Waals surface area contributed by atoms with E-state index < -0.39 is 11.7 Å². The van der Waals surface area contributed by atoms with Crippen molar-refractivity contribution in [3.8, 4) is 5.75 Å². The van der Waals surface area contributed by atoms with E-state index in [0.29, 0.717) is 18.3 Å². The normalized spacial score (nSPS) is 12.2. The second-order valence-electron chi connectivity index (χ2n) is 6.61. The van der Waals surface area contributed by atoms with Crippen molar-refractivity contribution < 1.29 is 18.7 Å². The molecule has 0 aliphatic carbocycles. The van der Waals surface area contributed by atoms with E-state index in [1.807, 2.05) is 38.1 Å². The second-order valence-corrected chi connectivity index (χ2v) is 6.61. The molecule has 1 aromatic carbocycles. The van der Waals surface area contributed by atoms with Crippen molar-refractivity contribution >= 4 is 6.09 Å². The van der Waals surface area contributed by atoms with Gasteiger partial charge in [0.25, 0.3) is 0 Å². The van der Waals surface area contributed by atoms with Gasteiger partial charge in [0, 0.05) is 6.54 Å². The fraction of sp³-hybridized carbons (Fsp3) is 0.500. The molecule has 1 amide bonds. The fourth-order valence-electron chi connectivity index (χ4n) is 1.86. The molecule has 1 aromatic rings. The molecule has 0 saturated carbocycles. The molecule has 0 atom stereocenters. The van der Waals surface area contributed by atoms with Gasteiger partial charge in [0.15, 0.2) is 0 Å². The number of hydrogen-bond acceptors (Lipinski definition) is 3. The summed E-state index contributed by atoms with van der Waals surface area (Å²) in [5.41, 5.74) is 0.833. The van der Waals surface area contributed by atoms with Gasteiger partial charge in [-0.1, -0.05) is 12.1 Å². The molecule has 0 saturated heterocycles. The third-order valence-corrected chi connectivity index (χ3v) is 2.74. The van der Waals surface area contributed by atoms with Crippen LogP contribution < -0.4 is 10.1 Å². The SMILES string of the molecule is CC(C)Oc1ccc(CC(=CF)CNC(=O)OC(C)(C)C)cc1. The number of alkyl carbamates (subject to hydrolysis) is 1. The van der Waals surface area contributed by atoms with E-state index in [1.54, 1.807) is 20.8 Å². The molecule has 0 aliphatic rings. The lowest BCUT2D eigenvalue weighted by Crippen LogP contribution is -2.33. The Bertz CT molecular complexity index is 530. The summed E-state index contributed by atoms with van der Waals surface area (Å²) in [5.74, 6) is 0.779. The molecule has 0 fully saturated rings. The van der Waals surface area contributed by atoms with E-state index in [2.05, 4.69) is 5.32 Å². The molecule has 0 bridgehead atoms. The van der Waals surface area contributed by atoms with Crippen LogP contribution >= 0.6 is 0 Å². The van der Waals surface area contributed by atoms with Gasteiger partial charge >= 0.3 is 6.09 Å². The zero-order valence-electron chi connectivity index (χ0n) is 14.5. The summed E-state index contributed by atoms with van der Waals surface area (Å²) in [6, 6.07) is 7.47. The highest BCUT2D eigenvalue weighted by Crippen LogP contribution is 2.16. The summed E-state index contributed by atoms with van der Waals surface area (Å²) in [6.45, 7) is 9.36. The van der Waals surface area contributed by atoms with Gasteiger partial charge in [-0.2, -0.15) is 0 Å². The first-order valence-corrected chi connectivity index (χ1v) is 7.70. The van der Waals surface area contributed by atoms with Crippen LogP contribution in [-0.4, -0.2) is 24.3 Å². The number of rotatable bonds is 6. The van der Waals surface area contributed by atoms with Crippen molar-refractivity contribution in [2.75, 3.05) is 6.54 Å². The average Bonchev–Trinajstić information content (AvgIpc) is 2.42. The van der Waals surface area contributed by atoms with Crippen molar-refractivity contribution in [2.24, 2.45) is 0 Å². The first kappa shape index (κ1) is 19.0. The first-order chi connectivity index (χ1) is 10.7. The first-order valence-electron chi connectivity index (χ1n) is 7.70. The Labute approximate surface area is 137 Å². The zero-order chi connectivity index (χ0) is 17.5. The molecule has 1 N–H and O–H groups in total. The Hall–Kier alpha value is -2.04. The lowest BCUT2D eigenvalue weighted by molar-refractivity contribution is 0.0532. The summed E-state index contributed by atoms with van der Waals surface area (Å²) in [5, 5.41) is 2.55. The summed E-state index contributed by atoms with van der Waals surface area (Å²) in [7, 11) is 0. The maximum atomic E-state index is 13.0. The Kier molecular flexibility index (Phi) is 7.07. The molecule has 0 unspecified atom stereocenters. The standard InChI is InChI=1S/C18H26FNO3/c1-13(2)22-16-8-6-14(7-9-16)10-15(11-19)12-20-17(21)23-18(3,4)5/h6-9,11,13H,10,12H2,1-5H3,(H,20,21). The van der Waals surface area contributed by atoms with Crippen LogP contribution in [-0.2, 0) is 11.2 Å². The molecular formula is C18H26FNO3. The molecular weight excluding hydrogens is 297 g/mol. The molecule has 1 rings (SSSR count). The number of ether oxygens (including phenoxy) is 2. The van der Waals surface area contributed by atoms with Gasteiger partial charge in [-0.3, -0.25) is 0 Å². The van der Waals surface area contributed by atoms with Gasteiger partial charge in [0.1, 0.15) is 11.4 Å². The summed E-state index contributed by atoms with van der Waals surface area (Å²) >= 11 is 0. The summed E-state index contributed by atoms with van der Waals surface area (Å²) < 4.78 is 23.7. The third kappa shape index (κ3) is 8.24. The zero-order valence-corrected chi connectivity index (χ0v) is 14.5. The van der Waals surface area contributed by atoms with Crippen molar-refractivity contribution in [1.82, 2.24) is 5.32 Å². The van der Waals surface area contributed by atoms with Gasteiger partial charge in [-0.15, -0.1) is 0 Å². The van der Waals surface area contributed by atoms with Gasteiger partial charge in [0.2, 0.25) is 0 Å². The van der Waals surface area contributed by atoms with Crippen LogP contribution in [0.2, 0.25) is 0 Å². The van der Waals surface area contributed by atoms with Crippen LogP contribution in [0.4, 0.5) is 9.18 Å². The molecule has 128 valence electrons. The minimum Gasteiger partial charge on any atom is -0.491 e. The number of halogens is 1. The Morgan fingerprint density at radius 2 is 1.87 bits per heavy atom. The molecule has 23 heavy (non-hydrogen) atoms. The molecule has 0 spiro atoms. The largest absolute Gasteiger partial charge is 0.491 e. The predicted octanol–water partition coefficient (Wildman–Crippen LogP) is 4.39. The third-order valence-electron chi connectivity index (χ3n) is 2.74. The Morgan fingerprint density at radius 3 is 2.35 bits per heavy atom. The van der Waals surface area contributed by atoms with Gasteiger partial charge in [-0.05, 0) is 64.3 Å². The summed E-state index contributed by atoms with van der Waals surface area (Å²) in [4.78, 5) is 11.6. The quantitative estimate of drug-likeness (QED) is 0.844. The molecule has 0 radical (unpaired) electrons. The van der Waals surface area contributed by atoms with Gasteiger partial charge in [-0.25, -0.2) is 9.18 Å². The highest BCUT2D eigenvalue weighted by atomic mass is 19.1. The maximum Gasteiger partial charge on any atom is 0.407 e. The number of carbonyl (C=O) groups excluding carboxylic acids is 1. The lowest BCUT2D eigenvalue weighted by atomic mass is 10.1. The van der Waals surface area contributed by atoms with E-state index in [1.165, 1.54) is 0 Å². The van der Waals surface area contributed by atoms with Crippen LogP contribution in [0.5, 0.6) is 5.75 Å². The average molecular weight is 323 g/mol.